The molecule has 0 unspecified atom stereocenters. The van der Waals surface area contributed by atoms with Gasteiger partial charge in [-0.1, -0.05) is 18.2 Å². The van der Waals surface area contributed by atoms with Gasteiger partial charge < -0.3 is 14.1 Å². The number of aryl methyl sites for hydroxylation is 1. The first kappa shape index (κ1) is 27.1. The van der Waals surface area contributed by atoms with Gasteiger partial charge >= 0.3 is 6.18 Å². The van der Waals surface area contributed by atoms with Gasteiger partial charge in [-0.2, -0.15) is 13.2 Å². The third kappa shape index (κ3) is 5.34. The molecule has 5 aromatic rings. The summed E-state index contributed by atoms with van der Waals surface area (Å²) in [5, 5.41) is 18.5. The van der Waals surface area contributed by atoms with Crippen molar-refractivity contribution in [2.24, 2.45) is 7.05 Å². The highest BCUT2D eigenvalue weighted by Crippen LogP contribution is 2.39. The highest BCUT2D eigenvalue weighted by Gasteiger charge is 2.37. The summed E-state index contributed by atoms with van der Waals surface area (Å²) in [6.45, 7) is 0.595. The fraction of sp³-hybridized carbons (Fsp3) is 0.300. The molecule has 2 heterocycles. The molecule has 1 fully saturated rings. The molecular weight excluding hydrogens is 538 g/mol. The normalized spacial score (nSPS) is 15.0. The van der Waals surface area contributed by atoms with Crippen LogP contribution in [0.3, 0.4) is 0 Å². The van der Waals surface area contributed by atoms with Crippen molar-refractivity contribution in [2.75, 3.05) is 13.6 Å². The van der Waals surface area contributed by atoms with Crippen molar-refractivity contribution in [1.29, 1.82) is 0 Å². The van der Waals surface area contributed by atoms with Gasteiger partial charge in [0, 0.05) is 31.3 Å². The predicted octanol–water partition coefficient (Wildman–Crippen LogP) is 6.46. The van der Waals surface area contributed by atoms with Crippen LogP contribution in [0.25, 0.3) is 45.1 Å². The number of aliphatic hydroxyl groups is 1. The summed E-state index contributed by atoms with van der Waals surface area (Å²) in [6, 6.07) is 14.0. The van der Waals surface area contributed by atoms with Crippen molar-refractivity contribution in [2.45, 2.75) is 37.6 Å². The number of halogens is 4. The number of likely N-dealkylation sites (N-methyl/N-ethyl adjacent to an activating group) is 1. The summed E-state index contributed by atoms with van der Waals surface area (Å²) in [6.07, 6.45) is -0.823. The zero-order chi connectivity index (χ0) is 28.9. The summed E-state index contributed by atoms with van der Waals surface area (Å²) >= 11 is 0. The Labute approximate surface area is 233 Å². The quantitative estimate of drug-likeness (QED) is 0.228. The Balaban J connectivity index is 1.38. The van der Waals surface area contributed by atoms with Crippen LogP contribution < -0.4 is 0 Å². The van der Waals surface area contributed by atoms with Crippen LogP contribution in [-0.4, -0.2) is 48.9 Å². The molecule has 1 saturated carbocycles. The lowest BCUT2D eigenvalue weighted by Gasteiger charge is -2.39. The molecule has 0 radical (unpaired) electrons. The number of oxazole rings is 1. The van der Waals surface area contributed by atoms with Crippen molar-refractivity contribution in [3.63, 3.8) is 0 Å². The number of benzene rings is 3. The Morgan fingerprint density at radius 3 is 2.51 bits per heavy atom. The molecule has 0 aliphatic heterocycles. The van der Waals surface area contributed by atoms with E-state index in [0.717, 1.165) is 12.5 Å². The monoisotopic (exact) mass is 565 g/mol. The number of aromatic nitrogens is 4. The summed E-state index contributed by atoms with van der Waals surface area (Å²) in [7, 11) is 3.52. The lowest BCUT2D eigenvalue weighted by atomic mass is 9.80. The van der Waals surface area contributed by atoms with E-state index in [9.17, 15) is 22.7 Å². The number of alkyl halides is 3. The van der Waals surface area contributed by atoms with Gasteiger partial charge in [0.1, 0.15) is 23.2 Å². The lowest BCUT2D eigenvalue weighted by Crippen LogP contribution is -2.46. The lowest BCUT2D eigenvalue weighted by molar-refractivity contribution is -0.136. The van der Waals surface area contributed by atoms with Gasteiger partial charge in [-0.3, -0.25) is 4.90 Å². The number of rotatable bonds is 7. The molecule has 11 heteroatoms. The smallest absolute Gasteiger partial charge is 0.420 e. The van der Waals surface area contributed by atoms with Crippen LogP contribution >= 0.6 is 0 Å². The molecule has 1 aliphatic carbocycles. The minimum atomic E-state index is -4.66. The largest absolute Gasteiger partial charge is 0.435 e. The first-order valence-electron chi connectivity index (χ1n) is 13.2. The van der Waals surface area contributed by atoms with Gasteiger partial charge in [0.15, 0.2) is 11.4 Å². The van der Waals surface area contributed by atoms with Gasteiger partial charge in [-0.15, -0.1) is 10.2 Å². The zero-order valence-electron chi connectivity index (χ0n) is 22.4. The fourth-order valence-corrected chi connectivity index (χ4v) is 5.43. The Bertz CT molecular complexity index is 1740. The first-order chi connectivity index (χ1) is 19.5. The maximum absolute atomic E-state index is 14.2. The highest BCUT2D eigenvalue weighted by molar-refractivity contribution is 5.84. The van der Waals surface area contributed by atoms with Crippen LogP contribution in [-0.2, 0) is 19.8 Å². The van der Waals surface area contributed by atoms with Crippen LogP contribution in [0, 0.1) is 5.82 Å². The molecule has 0 atom stereocenters. The summed E-state index contributed by atoms with van der Waals surface area (Å²) < 4.78 is 64.0. The third-order valence-electron chi connectivity index (χ3n) is 7.51. The minimum absolute atomic E-state index is 0.0314. The van der Waals surface area contributed by atoms with Gasteiger partial charge in [0.05, 0.1) is 5.60 Å². The topological polar surface area (TPSA) is 80.2 Å². The highest BCUT2D eigenvalue weighted by atomic mass is 19.4. The SMILES string of the molecule is CN(Cc1cc(C(F)(F)F)c2oc(-c3cccc(-c4ccc(F)cc4-c4nncn4C)c3)nc2c1)CC1(O)CCC1. The number of hydrogen-bond acceptors (Lipinski definition) is 6. The Morgan fingerprint density at radius 2 is 1.83 bits per heavy atom. The van der Waals surface area contributed by atoms with Gasteiger partial charge in [-0.05, 0) is 79.4 Å². The molecule has 212 valence electrons. The summed E-state index contributed by atoms with van der Waals surface area (Å²) in [4.78, 5) is 6.26. The van der Waals surface area contributed by atoms with E-state index >= 15 is 0 Å². The van der Waals surface area contributed by atoms with Gasteiger partial charge in [0.2, 0.25) is 5.89 Å². The van der Waals surface area contributed by atoms with E-state index in [0.29, 0.717) is 53.0 Å². The van der Waals surface area contributed by atoms with Crippen molar-refractivity contribution in [3.05, 3.63) is 77.9 Å². The maximum atomic E-state index is 14.2. The summed E-state index contributed by atoms with van der Waals surface area (Å²) in [5.41, 5.74) is 0.795. The Kier molecular flexibility index (Phi) is 6.66. The van der Waals surface area contributed by atoms with Gasteiger partial charge in [-0.25, -0.2) is 9.37 Å². The first-order valence-corrected chi connectivity index (χ1v) is 13.2. The molecule has 1 N–H and O–H groups in total. The van der Waals surface area contributed by atoms with E-state index in [2.05, 4.69) is 15.2 Å². The summed E-state index contributed by atoms with van der Waals surface area (Å²) in [5.74, 6) is 0.0530. The van der Waals surface area contributed by atoms with E-state index in [1.54, 1.807) is 49.0 Å². The van der Waals surface area contributed by atoms with Crippen molar-refractivity contribution < 1.29 is 27.1 Å². The van der Waals surface area contributed by atoms with Crippen LogP contribution in [0.5, 0.6) is 0 Å². The molecule has 0 spiro atoms. The standard InChI is InChI=1S/C30H27F4N5O2/c1-38(16-29(40)9-4-10-29)15-18-11-24(30(32,33)34)26-25(12-18)36-28(41-26)20-6-3-5-19(13-20)22-8-7-21(31)14-23(22)27-37-35-17-39(27)2/h3,5-8,11-14,17,40H,4,9-10,15-16H2,1-2H3. The second-order valence-electron chi connectivity index (χ2n) is 10.8. The molecule has 6 rings (SSSR count). The average Bonchev–Trinajstić information content (AvgIpc) is 3.52. The molecule has 3 aromatic carbocycles. The average molecular weight is 566 g/mol. The molecule has 1 aliphatic rings. The molecular formula is C30H27F4N5O2. The van der Waals surface area contributed by atoms with E-state index in [1.165, 1.54) is 18.5 Å². The Hall–Kier alpha value is -4.09. The zero-order valence-corrected chi connectivity index (χ0v) is 22.4. The second kappa shape index (κ2) is 10.1. The number of hydrogen-bond donors (Lipinski definition) is 1. The molecule has 0 amide bonds. The van der Waals surface area contributed by atoms with Crippen LogP contribution in [0.1, 0.15) is 30.4 Å². The predicted molar refractivity (Wildman–Crippen MR) is 145 cm³/mol. The molecule has 2 aromatic heterocycles. The third-order valence-corrected chi connectivity index (χ3v) is 7.51. The van der Waals surface area contributed by atoms with Crippen LogP contribution in [0.2, 0.25) is 0 Å². The molecule has 41 heavy (non-hydrogen) atoms. The van der Waals surface area contributed by atoms with Crippen molar-refractivity contribution in [3.8, 4) is 34.0 Å². The van der Waals surface area contributed by atoms with E-state index < -0.39 is 23.2 Å². The maximum Gasteiger partial charge on any atom is 0.420 e. The fourth-order valence-electron chi connectivity index (χ4n) is 5.43. The van der Waals surface area contributed by atoms with Crippen LogP contribution in [0.15, 0.2) is 65.3 Å². The van der Waals surface area contributed by atoms with E-state index in [4.69, 9.17) is 4.42 Å². The molecule has 0 bridgehead atoms. The van der Waals surface area contributed by atoms with Crippen molar-refractivity contribution in [1.82, 2.24) is 24.6 Å². The van der Waals surface area contributed by atoms with E-state index in [1.807, 2.05) is 11.0 Å². The number of fused-ring (bicyclic) bond motifs is 1. The molecule has 0 saturated heterocycles. The minimum Gasteiger partial charge on any atom is -0.435 e. The Morgan fingerprint density at radius 1 is 1.05 bits per heavy atom. The van der Waals surface area contributed by atoms with E-state index in [-0.39, 0.29) is 23.5 Å². The van der Waals surface area contributed by atoms with Crippen molar-refractivity contribution >= 4 is 11.1 Å². The number of nitrogens with zero attached hydrogens (tertiary/aromatic N) is 5. The second-order valence-corrected chi connectivity index (χ2v) is 10.8. The molecule has 7 nitrogen and oxygen atoms in total. The van der Waals surface area contributed by atoms with Gasteiger partial charge in [0.25, 0.3) is 0 Å². The van der Waals surface area contributed by atoms with Crippen LogP contribution in [0.4, 0.5) is 17.6 Å².